The number of nitrogens with zero attached hydrogens (tertiary/aromatic N) is 5. The van der Waals surface area contributed by atoms with Gasteiger partial charge in [0.1, 0.15) is 0 Å². The SMILES string of the molecule is COC(=O)c1cn(CCN2CCN(c3cccc(Cl)c3)CC2)nn1.Cl. The second kappa shape index (κ2) is 9.03. The number of methoxy groups -OCH3 is 1. The van der Waals surface area contributed by atoms with Gasteiger partial charge in [-0.1, -0.05) is 22.9 Å². The normalized spacial score (nSPS) is 14.9. The molecule has 0 atom stereocenters. The minimum atomic E-state index is -0.462. The maximum absolute atomic E-state index is 11.4. The molecule has 0 spiro atoms. The molecule has 9 heteroatoms. The van der Waals surface area contributed by atoms with E-state index in [2.05, 4.69) is 30.9 Å². The molecule has 0 bridgehead atoms. The highest BCUT2D eigenvalue weighted by Crippen LogP contribution is 2.20. The summed E-state index contributed by atoms with van der Waals surface area (Å²) in [5.74, 6) is -0.462. The number of piperazine rings is 1. The fourth-order valence-corrected chi connectivity index (χ4v) is 2.94. The zero-order chi connectivity index (χ0) is 16.9. The minimum absolute atomic E-state index is 0. The molecule has 0 radical (unpaired) electrons. The van der Waals surface area contributed by atoms with Crippen molar-refractivity contribution in [3.8, 4) is 0 Å². The van der Waals surface area contributed by atoms with Crippen molar-refractivity contribution in [2.75, 3.05) is 44.7 Å². The average molecular weight is 386 g/mol. The van der Waals surface area contributed by atoms with Crippen LogP contribution in [0.1, 0.15) is 10.5 Å². The molecule has 7 nitrogen and oxygen atoms in total. The van der Waals surface area contributed by atoms with Crippen LogP contribution in [0.15, 0.2) is 30.5 Å². The number of aromatic nitrogens is 3. The van der Waals surface area contributed by atoms with Gasteiger partial charge in [-0.3, -0.25) is 9.58 Å². The van der Waals surface area contributed by atoms with Gasteiger partial charge >= 0.3 is 5.97 Å². The zero-order valence-electron chi connectivity index (χ0n) is 14.0. The number of esters is 1. The Kier molecular flexibility index (Phi) is 7.04. The minimum Gasteiger partial charge on any atom is -0.464 e. The summed E-state index contributed by atoms with van der Waals surface area (Å²) in [7, 11) is 1.33. The average Bonchev–Trinajstić information content (AvgIpc) is 3.09. The van der Waals surface area contributed by atoms with Crippen molar-refractivity contribution in [2.45, 2.75) is 6.54 Å². The summed E-state index contributed by atoms with van der Waals surface area (Å²) in [6.45, 7) is 5.45. The Balaban J connectivity index is 0.00000225. The number of ether oxygens (including phenoxy) is 1. The first-order valence-electron chi connectivity index (χ1n) is 7.87. The molecule has 0 amide bonds. The third-order valence-corrected chi connectivity index (χ3v) is 4.36. The second-order valence-electron chi connectivity index (χ2n) is 5.67. The summed E-state index contributed by atoms with van der Waals surface area (Å²) in [6.07, 6.45) is 1.62. The summed E-state index contributed by atoms with van der Waals surface area (Å²) in [6, 6.07) is 7.96. The van der Waals surface area contributed by atoms with E-state index in [0.29, 0.717) is 6.54 Å². The van der Waals surface area contributed by atoms with E-state index in [-0.39, 0.29) is 18.1 Å². The van der Waals surface area contributed by atoms with Crippen LogP contribution in [0.25, 0.3) is 0 Å². The van der Waals surface area contributed by atoms with Crippen LogP contribution in [-0.2, 0) is 11.3 Å². The van der Waals surface area contributed by atoms with Crippen LogP contribution in [0.5, 0.6) is 0 Å². The molecule has 3 rings (SSSR count). The monoisotopic (exact) mass is 385 g/mol. The zero-order valence-corrected chi connectivity index (χ0v) is 15.5. The molecule has 1 fully saturated rings. The number of anilines is 1. The van der Waals surface area contributed by atoms with Crippen LogP contribution in [0.4, 0.5) is 5.69 Å². The third-order valence-electron chi connectivity index (χ3n) is 4.12. The van der Waals surface area contributed by atoms with Gasteiger partial charge in [0.25, 0.3) is 0 Å². The van der Waals surface area contributed by atoms with E-state index in [9.17, 15) is 4.79 Å². The lowest BCUT2D eigenvalue weighted by Crippen LogP contribution is -2.47. The lowest BCUT2D eigenvalue weighted by Gasteiger charge is -2.36. The summed E-state index contributed by atoms with van der Waals surface area (Å²) in [4.78, 5) is 16.1. The van der Waals surface area contributed by atoms with Crippen LogP contribution in [0.2, 0.25) is 5.02 Å². The summed E-state index contributed by atoms with van der Waals surface area (Å²) in [5, 5.41) is 8.53. The van der Waals surface area contributed by atoms with Crippen molar-refractivity contribution < 1.29 is 9.53 Å². The molecular formula is C16H21Cl2N5O2. The fourth-order valence-electron chi connectivity index (χ4n) is 2.75. The van der Waals surface area contributed by atoms with Gasteiger partial charge < -0.3 is 9.64 Å². The van der Waals surface area contributed by atoms with Gasteiger partial charge in [0, 0.05) is 43.4 Å². The van der Waals surface area contributed by atoms with Crippen molar-refractivity contribution in [3.05, 3.63) is 41.2 Å². The van der Waals surface area contributed by atoms with Crippen molar-refractivity contribution in [1.82, 2.24) is 19.9 Å². The van der Waals surface area contributed by atoms with Gasteiger partial charge in [-0.2, -0.15) is 0 Å². The first-order chi connectivity index (χ1) is 11.7. The largest absolute Gasteiger partial charge is 0.464 e. The van der Waals surface area contributed by atoms with Gasteiger partial charge in [0.2, 0.25) is 0 Å². The van der Waals surface area contributed by atoms with Crippen molar-refractivity contribution in [3.63, 3.8) is 0 Å². The first kappa shape index (κ1) is 19.5. The first-order valence-corrected chi connectivity index (χ1v) is 8.25. The number of halogens is 2. The van der Waals surface area contributed by atoms with E-state index in [1.165, 1.54) is 12.8 Å². The quantitative estimate of drug-likeness (QED) is 0.733. The predicted octanol–water partition coefficient (Wildman–Crippen LogP) is 1.96. The Labute approximate surface area is 157 Å². The van der Waals surface area contributed by atoms with Gasteiger partial charge in [-0.15, -0.1) is 17.5 Å². The smallest absolute Gasteiger partial charge is 0.360 e. The maximum atomic E-state index is 11.4. The van der Waals surface area contributed by atoms with E-state index in [4.69, 9.17) is 11.6 Å². The molecule has 2 aromatic rings. The molecule has 136 valence electrons. The van der Waals surface area contributed by atoms with Crippen LogP contribution < -0.4 is 4.90 Å². The Hall–Kier alpha value is -1.83. The molecule has 0 unspecified atom stereocenters. The molecule has 1 aliphatic heterocycles. The van der Waals surface area contributed by atoms with E-state index in [1.54, 1.807) is 10.9 Å². The highest BCUT2D eigenvalue weighted by atomic mass is 35.5. The molecule has 1 aromatic carbocycles. The molecular weight excluding hydrogens is 365 g/mol. The van der Waals surface area contributed by atoms with E-state index in [0.717, 1.165) is 37.7 Å². The molecule has 1 saturated heterocycles. The molecule has 1 aliphatic rings. The van der Waals surface area contributed by atoms with Gasteiger partial charge in [0.05, 0.1) is 19.9 Å². The number of carbonyl (C=O) groups is 1. The molecule has 0 saturated carbocycles. The fraction of sp³-hybridized carbons (Fsp3) is 0.438. The van der Waals surface area contributed by atoms with Crippen molar-refractivity contribution in [2.24, 2.45) is 0 Å². The van der Waals surface area contributed by atoms with Crippen LogP contribution in [0.3, 0.4) is 0 Å². The van der Waals surface area contributed by atoms with Crippen LogP contribution in [-0.4, -0.2) is 65.7 Å². The van der Waals surface area contributed by atoms with Crippen molar-refractivity contribution in [1.29, 1.82) is 0 Å². The molecule has 1 aromatic heterocycles. The number of benzene rings is 1. The second-order valence-corrected chi connectivity index (χ2v) is 6.10. The molecule has 2 heterocycles. The number of rotatable bonds is 5. The Morgan fingerprint density at radius 1 is 1.24 bits per heavy atom. The van der Waals surface area contributed by atoms with Gasteiger partial charge in [-0.05, 0) is 18.2 Å². The highest BCUT2D eigenvalue weighted by molar-refractivity contribution is 6.30. The van der Waals surface area contributed by atoms with Gasteiger partial charge in [0.15, 0.2) is 5.69 Å². The molecule has 0 aliphatic carbocycles. The van der Waals surface area contributed by atoms with E-state index in [1.807, 2.05) is 18.2 Å². The van der Waals surface area contributed by atoms with Gasteiger partial charge in [-0.25, -0.2) is 4.79 Å². The number of hydrogen-bond donors (Lipinski definition) is 0. The lowest BCUT2D eigenvalue weighted by atomic mass is 10.2. The van der Waals surface area contributed by atoms with E-state index >= 15 is 0 Å². The Bertz CT molecular complexity index is 701. The maximum Gasteiger partial charge on any atom is 0.360 e. The topological polar surface area (TPSA) is 63.5 Å². The Morgan fingerprint density at radius 3 is 2.68 bits per heavy atom. The third kappa shape index (κ3) is 5.07. The van der Waals surface area contributed by atoms with Crippen LogP contribution >= 0.6 is 24.0 Å². The Morgan fingerprint density at radius 2 is 2.00 bits per heavy atom. The number of hydrogen-bond acceptors (Lipinski definition) is 6. The summed E-state index contributed by atoms with van der Waals surface area (Å²) in [5.41, 5.74) is 1.41. The van der Waals surface area contributed by atoms with Crippen molar-refractivity contribution >= 4 is 35.7 Å². The molecule has 25 heavy (non-hydrogen) atoms. The molecule has 0 N–H and O–H groups in total. The summed E-state index contributed by atoms with van der Waals surface area (Å²) < 4.78 is 6.30. The van der Waals surface area contributed by atoms with E-state index < -0.39 is 5.97 Å². The lowest BCUT2D eigenvalue weighted by molar-refractivity contribution is 0.0594. The summed E-state index contributed by atoms with van der Waals surface area (Å²) >= 11 is 6.06. The number of carbonyl (C=O) groups excluding carboxylic acids is 1. The van der Waals surface area contributed by atoms with Crippen LogP contribution in [0, 0.1) is 0 Å². The highest BCUT2D eigenvalue weighted by Gasteiger charge is 2.17. The standard InChI is InChI=1S/C16H20ClN5O2.ClH/c1-24-16(23)15-12-22(19-18-15)10-7-20-5-8-21(9-6-20)14-4-2-3-13(17)11-14;/h2-4,11-12H,5-10H2,1H3;1H. The predicted molar refractivity (Wildman–Crippen MR) is 98.7 cm³/mol.